The lowest BCUT2D eigenvalue weighted by Crippen LogP contribution is -2.11. The molecule has 0 amide bonds. The maximum atomic E-state index is 6.16. The zero-order valence-corrected chi connectivity index (χ0v) is 13.7. The largest absolute Gasteiger partial charge is 0.313 e. The highest BCUT2D eigenvalue weighted by atomic mass is 35.5. The number of benzene rings is 2. The second kappa shape index (κ2) is 7.94. The topological polar surface area (TPSA) is 12.0 Å². The van der Waals surface area contributed by atoms with E-state index in [-0.39, 0.29) is 0 Å². The van der Waals surface area contributed by atoms with Crippen LogP contribution in [0.1, 0.15) is 18.1 Å². The molecule has 1 N–H and O–H groups in total. The van der Waals surface area contributed by atoms with Gasteiger partial charge >= 0.3 is 0 Å². The van der Waals surface area contributed by atoms with Crippen molar-refractivity contribution < 1.29 is 0 Å². The highest BCUT2D eigenvalue weighted by Gasteiger charge is 2.03. The molecule has 0 aliphatic carbocycles. The Kier molecular flexibility index (Phi) is 6.24. The summed E-state index contributed by atoms with van der Waals surface area (Å²) in [7, 11) is 0. The molecule has 20 heavy (non-hydrogen) atoms. The molecule has 0 fully saturated rings. The summed E-state index contributed by atoms with van der Waals surface area (Å²) in [6, 6.07) is 14.2. The SMILES string of the molecule is CCNCc1ccc(SCc2cc(Cl)ccc2Cl)cc1. The first-order chi connectivity index (χ1) is 9.69. The van der Waals surface area contributed by atoms with E-state index in [1.165, 1.54) is 10.5 Å². The normalized spacial score (nSPS) is 10.8. The number of rotatable bonds is 6. The van der Waals surface area contributed by atoms with E-state index in [1.807, 2.05) is 18.2 Å². The van der Waals surface area contributed by atoms with Gasteiger partial charge in [-0.2, -0.15) is 0 Å². The molecule has 1 nitrogen and oxygen atoms in total. The van der Waals surface area contributed by atoms with Crippen LogP contribution in [0.25, 0.3) is 0 Å². The van der Waals surface area contributed by atoms with E-state index < -0.39 is 0 Å². The van der Waals surface area contributed by atoms with Crippen LogP contribution in [0.15, 0.2) is 47.4 Å². The minimum absolute atomic E-state index is 0.728. The number of halogens is 2. The fraction of sp³-hybridized carbons (Fsp3) is 0.250. The van der Waals surface area contributed by atoms with E-state index in [4.69, 9.17) is 23.2 Å². The predicted molar refractivity (Wildman–Crippen MR) is 89.8 cm³/mol. The Morgan fingerprint density at radius 2 is 1.80 bits per heavy atom. The van der Waals surface area contributed by atoms with Crippen molar-refractivity contribution in [3.8, 4) is 0 Å². The summed E-state index contributed by atoms with van der Waals surface area (Å²) < 4.78 is 0. The molecule has 0 heterocycles. The van der Waals surface area contributed by atoms with Crippen LogP contribution in [0, 0.1) is 0 Å². The third kappa shape index (κ3) is 4.71. The van der Waals surface area contributed by atoms with Gasteiger partial charge in [-0.15, -0.1) is 11.8 Å². The molecule has 2 aromatic carbocycles. The van der Waals surface area contributed by atoms with Gasteiger partial charge in [0.25, 0.3) is 0 Å². The molecule has 0 unspecified atom stereocenters. The Morgan fingerprint density at radius 3 is 2.50 bits per heavy atom. The average Bonchev–Trinajstić information content (AvgIpc) is 2.47. The van der Waals surface area contributed by atoms with Crippen LogP contribution in [-0.4, -0.2) is 6.54 Å². The summed E-state index contributed by atoms with van der Waals surface area (Å²) in [5.41, 5.74) is 2.37. The van der Waals surface area contributed by atoms with Gasteiger partial charge in [0.05, 0.1) is 0 Å². The molecule has 0 spiro atoms. The van der Waals surface area contributed by atoms with Crippen molar-refractivity contribution in [2.75, 3.05) is 6.54 Å². The first-order valence-electron chi connectivity index (χ1n) is 6.55. The van der Waals surface area contributed by atoms with Gasteiger partial charge in [-0.1, -0.05) is 42.3 Å². The van der Waals surface area contributed by atoms with Gasteiger partial charge in [0, 0.05) is 27.2 Å². The summed E-state index contributed by atoms with van der Waals surface area (Å²) in [5.74, 6) is 0.825. The minimum Gasteiger partial charge on any atom is -0.313 e. The quantitative estimate of drug-likeness (QED) is 0.714. The Morgan fingerprint density at radius 1 is 1.05 bits per heavy atom. The van der Waals surface area contributed by atoms with Crippen LogP contribution in [0.3, 0.4) is 0 Å². The molecule has 0 bridgehead atoms. The molecule has 4 heteroatoms. The van der Waals surface area contributed by atoms with Gasteiger partial charge in [0.15, 0.2) is 0 Å². The van der Waals surface area contributed by atoms with Gasteiger partial charge in [0.2, 0.25) is 0 Å². The third-order valence-corrected chi connectivity index (χ3v) is 4.57. The lowest BCUT2D eigenvalue weighted by molar-refractivity contribution is 0.726. The monoisotopic (exact) mass is 325 g/mol. The average molecular weight is 326 g/mol. The molecule has 2 rings (SSSR count). The lowest BCUT2D eigenvalue weighted by atomic mass is 10.2. The van der Waals surface area contributed by atoms with Crippen LogP contribution in [0.2, 0.25) is 10.0 Å². The van der Waals surface area contributed by atoms with Crippen molar-refractivity contribution >= 4 is 35.0 Å². The Hall–Kier alpha value is -0.670. The van der Waals surface area contributed by atoms with E-state index in [2.05, 4.69) is 36.5 Å². The highest BCUT2D eigenvalue weighted by molar-refractivity contribution is 7.98. The zero-order valence-electron chi connectivity index (χ0n) is 11.3. The van der Waals surface area contributed by atoms with Gasteiger partial charge in [-0.25, -0.2) is 0 Å². The molecule has 106 valence electrons. The first-order valence-corrected chi connectivity index (χ1v) is 8.29. The van der Waals surface area contributed by atoms with E-state index in [0.29, 0.717) is 0 Å². The van der Waals surface area contributed by atoms with Crippen LogP contribution in [0.4, 0.5) is 0 Å². The molecule has 0 atom stereocenters. The Labute approximate surface area is 134 Å². The standard InChI is InChI=1S/C16H17Cl2NS/c1-2-19-10-12-3-6-15(7-4-12)20-11-13-9-14(17)5-8-16(13)18/h3-9,19H,2,10-11H2,1H3. The summed E-state index contributed by atoms with van der Waals surface area (Å²) in [4.78, 5) is 1.24. The second-order valence-corrected chi connectivity index (χ2v) is 6.34. The zero-order chi connectivity index (χ0) is 14.4. The van der Waals surface area contributed by atoms with Crippen molar-refractivity contribution in [3.63, 3.8) is 0 Å². The van der Waals surface area contributed by atoms with Gasteiger partial charge in [-0.3, -0.25) is 0 Å². The minimum atomic E-state index is 0.728. The fourth-order valence-electron chi connectivity index (χ4n) is 1.79. The van der Waals surface area contributed by atoms with Crippen LogP contribution < -0.4 is 5.32 Å². The van der Waals surface area contributed by atoms with Gasteiger partial charge in [-0.05, 0) is 48.0 Å². The first kappa shape index (κ1) is 15.7. The molecule has 0 saturated heterocycles. The predicted octanol–water partition coefficient (Wildman–Crippen LogP) is 5.40. The van der Waals surface area contributed by atoms with Crippen molar-refractivity contribution in [3.05, 3.63) is 63.6 Å². The number of nitrogens with one attached hydrogen (secondary N) is 1. The summed E-state index contributed by atoms with van der Waals surface area (Å²) >= 11 is 13.9. The molecule has 0 saturated carbocycles. The van der Waals surface area contributed by atoms with E-state index in [9.17, 15) is 0 Å². The van der Waals surface area contributed by atoms with Crippen molar-refractivity contribution in [1.29, 1.82) is 0 Å². The molecule has 0 radical (unpaired) electrons. The molecule has 2 aromatic rings. The van der Waals surface area contributed by atoms with Gasteiger partial charge in [0.1, 0.15) is 0 Å². The molecule has 0 aliphatic heterocycles. The molecule has 0 aliphatic rings. The lowest BCUT2D eigenvalue weighted by Gasteiger charge is -2.06. The summed E-state index contributed by atoms with van der Waals surface area (Å²) in [6.45, 7) is 4.02. The van der Waals surface area contributed by atoms with Crippen molar-refractivity contribution in [2.24, 2.45) is 0 Å². The fourth-order valence-corrected chi connectivity index (χ4v) is 3.14. The van der Waals surface area contributed by atoms with E-state index >= 15 is 0 Å². The molecule has 0 aromatic heterocycles. The summed E-state index contributed by atoms with van der Waals surface area (Å²) in [6.07, 6.45) is 0. The summed E-state index contributed by atoms with van der Waals surface area (Å²) in [5, 5.41) is 4.81. The smallest absolute Gasteiger partial charge is 0.0447 e. The molecular weight excluding hydrogens is 309 g/mol. The Bertz CT molecular complexity index is 555. The van der Waals surface area contributed by atoms with E-state index in [0.717, 1.165) is 34.5 Å². The third-order valence-electron chi connectivity index (χ3n) is 2.90. The number of thioether (sulfide) groups is 1. The number of hydrogen-bond donors (Lipinski definition) is 1. The van der Waals surface area contributed by atoms with Crippen LogP contribution in [0.5, 0.6) is 0 Å². The van der Waals surface area contributed by atoms with Crippen molar-refractivity contribution in [2.45, 2.75) is 24.1 Å². The highest BCUT2D eigenvalue weighted by Crippen LogP contribution is 2.28. The maximum Gasteiger partial charge on any atom is 0.0447 e. The van der Waals surface area contributed by atoms with E-state index in [1.54, 1.807) is 11.8 Å². The van der Waals surface area contributed by atoms with Crippen molar-refractivity contribution in [1.82, 2.24) is 5.32 Å². The number of hydrogen-bond acceptors (Lipinski definition) is 2. The van der Waals surface area contributed by atoms with Crippen LogP contribution >= 0.6 is 35.0 Å². The van der Waals surface area contributed by atoms with Crippen LogP contribution in [-0.2, 0) is 12.3 Å². The molecular formula is C16H17Cl2NS. The maximum absolute atomic E-state index is 6.16. The van der Waals surface area contributed by atoms with Gasteiger partial charge < -0.3 is 5.32 Å². The Balaban J connectivity index is 1.95. The second-order valence-electron chi connectivity index (χ2n) is 4.45.